The van der Waals surface area contributed by atoms with Crippen LogP contribution in [0.4, 0.5) is 0 Å². The number of rotatable bonds is 3. The molecule has 0 saturated heterocycles. The molecule has 0 aromatic rings. The van der Waals surface area contributed by atoms with Crippen molar-refractivity contribution in [1.82, 2.24) is 0 Å². The van der Waals surface area contributed by atoms with E-state index in [4.69, 9.17) is 5.73 Å². The zero-order valence-corrected chi connectivity index (χ0v) is 9.89. The summed E-state index contributed by atoms with van der Waals surface area (Å²) in [5, 5.41) is 0. The molecule has 0 aliphatic heterocycles. The summed E-state index contributed by atoms with van der Waals surface area (Å²) in [7, 11) is -2.82. The molecule has 0 heterocycles. The zero-order valence-electron chi connectivity index (χ0n) is 9.07. The summed E-state index contributed by atoms with van der Waals surface area (Å²) in [5.41, 5.74) is 5.98. The van der Waals surface area contributed by atoms with E-state index in [0.717, 1.165) is 19.3 Å². The average Bonchev–Trinajstić information content (AvgIpc) is 2.05. The minimum atomic E-state index is -2.82. The summed E-state index contributed by atoms with van der Waals surface area (Å²) in [5.74, 6) is 1.41. The molecule has 0 bridgehead atoms. The fraction of sp³-hybridized carbons (Fsp3) is 1.00. The molecule has 2 N–H and O–H groups in total. The summed E-state index contributed by atoms with van der Waals surface area (Å²) >= 11 is 0. The molecule has 0 spiro atoms. The maximum atomic E-state index is 11.0. The van der Waals surface area contributed by atoms with Gasteiger partial charge in [0.05, 0.1) is 5.75 Å². The largest absolute Gasteiger partial charge is 0.327 e. The van der Waals surface area contributed by atoms with E-state index in [1.807, 2.05) is 0 Å². The Bertz CT molecular complexity index is 274. The highest BCUT2D eigenvalue weighted by Crippen LogP contribution is 2.30. The Hall–Kier alpha value is -0.0900. The summed E-state index contributed by atoms with van der Waals surface area (Å²) in [4.78, 5) is 0. The van der Waals surface area contributed by atoms with Gasteiger partial charge in [0.25, 0.3) is 0 Å². The highest BCUT2D eigenvalue weighted by atomic mass is 32.2. The fourth-order valence-corrected chi connectivity index (χ4v) is 2.95. The molecule has 1 saturated carbocycles. The van der Waals surface area contributed by atoms with Crippen LogP contribution in [0.3, 0.4) is 0 Å². The van der Waals surface area contributed by atoms with Crippen molar-refractivity contribution in [3.05, 3.63) is 0 Å². The summed E-state index contributed by atoms with van der Waals surface area (Å²) < 4.78 is 22.0. The Morgan fingerprint density at radius 2 is 2.00 bits per heavy atom. The Morgan fingerprint density at radius 1 is 1.36 bits per heavy atom. The lowest BCUT2D eigenvalue weighted by atomic mass is 9.78. The maximum Gasteiger partial charge on any atom is 0.147 e. The van der Waals surface area contributed by atoms with Gasteiger partial charge in [-0.05, 0) is 37.5 Å². The van der Waals surface area contributed by atoms with Gasteiger partial charge in [-0.15, -0.1) is 0 Å². The number of nitrogens with two attached hydrogens (primary N) is 1. The lowest BCUT2D eigenvalue weighted by Crippen LogP contribution is -2.36. The van der Waals surface area contributed by atoms with Crippen LogP contribution in [0.1, 0.15) is 32.6 Å². The van der Waals surface area contributed by atoms with Gasteiger partial charge in [0, 0.05) is 12.3 Å². The lowest BCUT2D eigenvalue weighted by molar-refractivity contribution is 0.241. The molecular weight excluding hydrogens is 198 g/mol. The molecule has 3 unspecified atom stereocenters. The molecule has 14 heavy (non-hydrogen) atoms. The van der Waals surface area contributed by atoms with Crippen molar-refractivity contribution in [2.45, 2.75) is 38.6 Å². The van der Waals surface area contributed by atoms with Gasteiger partial charge in [-0.25, -0.2) is 8.42 Å². The second kappa shape index (κ2) is 4.62. The van der Waals surface area contributed by atoms with Crippen molar-refractivity contribution >= 4 is 9.84 Å². The Kier molecular flexibility index (Phi) is 3.95. The Labute approximate surface area is 87.0 Å². The van der Waals surface area contributed by atoms with Crippen molar-refractivity contribution < 1.29 is 8.42 Å². The minimum absolute atomic E-state index is 0.216. The zero-order chi connectivity index (χ0) is 10.8. The molecule has 84 valence electrons. The highest BCUT2D eigenvalue weighted by Gasteiger charge is 2.26. The predicted molar refractivity (Wildman–Crippen MR) is 58.8 cm³/mol. The molecule has 1 aliphatic carbocycles. The lowest BCUT2D eigenvalue weighted by Gasteiger charge is -2.32. The third kappa shape index (κ3) is 3.96. The minimum Gasteiger partial charge on any atom is -0.327 e. The second-order valence-corrected chi connectivity index (χ2v) is 7.02. The van der Waals surface area contributed by atoms with Crippen LogP contribution in [-0.4, -0.2) is 26.5 Å². The first-order chi connectivity index (χ1) is 6.38. The van der Waals surface area contributed by atoms with Crippen LogP contribution in [0.5, 0.6) is 0 Å². The molecule has 0 amide bonds. The number of hydrogen-bond acceptors (Lipinski definition) is 3. The molecule has 0 aromatic heterocycles. The van der Waals surface area contributed by atoms with Crippen molar-refractivity contribution in [2.75, 3.05) is 12.0 Å². The predicted octanol–water partition coefficient (Wildman–Crippen LogP) is 1.18. The summed E-state index contributed by atoms with van der Waals surface area (Å²) in [6.07, 6.45) is 5.37. The molecule has 1 fully saturated rings. The van der Waals surface area contributed by atoms with Crippen molar-refractivity contribution in [3.8, 4) is 0 Å². The summed E-state index contributed by atoms with van der Waals surface area (Å²) in [6, 6.07) is 0.216. The van der Waals surface area contributed by atoms with E-state index in [-0.39, 0.29) is 11.8 Å². The van der Waals surface area contributed by atoms with E-state index in [1.165, 1.54) is 12.7 Å². The van der Waals surface area contributed by atoms with Crippen LogP contribution >= 0.6 is 0 Å². The first kappa shape index (κ1) is 12.0. The third-order valence-corrected chi connectivity index (χ3v) is 4.14. The van der Waals surface area contributed by atoms with Crippen LogP contribution in [0.15, 0.2) is 0 Å². The SMILES string of the molecule is CC1CCC(N)C(CCS(C)(=O)=O)C1. The maximum absolute atomic E-state index is 11.0. The monoisotopic (exact) mass is 219 g/mol. The van der Waals surface area contributed by atoms with E-state index < -0.39 is 9.84 Å². The topological polar surface area (TPSA) is 60.2 Å². The standard InChI is InChI=1S/C10H21NO2S/c1-8-3-4-10(11)9(7-8)5-6-14(2,12)13/h8-10H,3-7,11H2,1-2H3. The number of hydrogen-bond donors (Lipinski definition) is 1. The second-order valence-electron chi connectivity index (χ2n) is 4.76. The van der Waals surface area contributed by atoms with Crippen LogP contribution < -0.4 is 5.73 Å². The molecule has 3 nitrogen and oxygen atoms in total. The first-order valence-electron chi connectivity index (χ1n) is 5.32. The van der Waals surface area contributed by atoms with E-state index in [0.29, 0.717) is 11.8 Å². The third-order valence-electron chi connectivity index (χ3n) is 3.16. The Morgan fingerprint density at radius 3 is 2.57 bits per heavy atom. The first-order valence-corrected chi connectivity index (χ1v) is 7.38. The average molecular weight is 219 g/mol. The van der Waals surface area contributed by atoms with Crippen LogP contribution in [0, 0.1) is 11.8 Å². The van der Waals surface area contributed by atoms with E-state index in [9.17, 15) is 8.42 Å². The van der Waals surface area contributed by atoms with Crippen LogP contribution in [-0.2, 0) is 9.84 Å². The van der Waals surface area contributed by atoms with E-state index >= 15 is 0 Å². The van der Waals surface area contributed by atoms with Crippen molar-refractivity contribution in [1.29, 1.82) is 0 Å². The van der Waals surface area contributed by atoms with Gasteiger partial charge >= 0.3 is 0 Å². The van der Waals surface area contributed by atoms with Gasteiger partial charge in [-0.2, -0.15) is 0 Å². The molecule has 1 rings (SSSR count). The molecule has 0 radical (unpaired) electrons. The van der Waals surface area contributed by atoms with Gasteiger partial charge in [0.2, 0.25) is 0 Å². The van der Waals surface area contributed by atoms with Crippen molar-refractivity contribution in [2.24, 2.45) is 17.6 Å². The molecular formula is C10H21NO2S. The van der Waals surface area contributed by atoms with Crippen LogP contribution in [0.2, 0.25) is 0 Å². The van der Waals surface area contributed by atoms with Crippen molar-refractivity contribution in [3.63, 3.8) is 0 Å². The van der Waals surface area contributed by atoms with Gasteiger partial charge in [-0.3, -0.25) is 0 Å². The highest BCUT2D eigenvalue weighted by molar-refractivity contribution is 7.90. The Balaban J connectivity index is 2.42. The van der Waals surface area contributed by atoms with Gasteiger partial charge in [-0.1, -0.05) is 6.92 Å². The van der Waals surface area contributed by atoms with E-state index in [1.54, 1.807) is 0 Å². The quantitative estimate of drug-likeness (QED) is 0.775. The van der Waals surface area contributed by atoms with E-state index in [2.05, 4.69) is 6.92 Å². The fourth-order valence-electron chi connectivity index (χ4n) is 2.22. The normalized spacial score (nSPS) is 34.4. The molecule has 4 heteroatoms. The van der Waals surface area contributed by atoms with Crippen LogP contribution in [0.25, 0.3) is 0 Å². The molecule has 0 aromatic carbocycles. The van der Waals surface area contributed by atoms with Gasteiger partial charge in [0.15, 0.2) is 0 Å². The molecule has 3 atom stereocenters. The van der Waals surface area contributed by atoms with Gasteiger partial charge < -0.3 is 5.73 Å². The summed E-state index contributed by atoms with van der Waals surface area (Å²) in [6.45, 7) is 2.22. The molecule has 1 aliphatic rings. The number of sulfone groups is 1. The van der Waals surface area contributed by atoms with Gasteiger partial charge in [0.1, 0.15) is 9.84 Å². The smallest absolute Gasteiger partial charge is 0.147 e.